The van der Waals surface area contributed by atoms with E-state index in [1.807, 2.05) is 30.3 Å². The number of hydrogen-bond donors (Lipinski definition) is 2. The Balaban J connectivity index is 1.63. The van der Waals surface area contributed by atoms with Crippen LogP contribution < -0.4 is 5.32 Å². The normalized spacial score (nSPS) is 10.3. The maximum atomic E-state index is 11.8. The second kappa shape index (κ2) is 9.47. The summed E-state index contributed by atoms with van der Waals surface area (Å²) in [5.41, 5.74) is 2.48. The SMILES string of the molecule is O=C(O)Cc1ccc(NC(=O)CCCOCc2ccccc2)cc1. The molecule has 1 amide bonds. The van der Waals surface area contributed by atoms with E-state index in [9.17, 15) is 9.59 Å². The van der Waals surface area contributed by atoms with Crippen LogP contribution in [0.1, 0.15) is 24.0 Å². The lowest BCUT2D eigenvalue weighted by molar-refractivity contribution is -0.136. The van der Waals surface area contributed by atoms with Gasteiger partial charge in [-0.15, -0.1) is 0 Å². The van der Waals surface area contributed by atoms with Gasteiger partial charge in [0.05, 0.1) is 13.0 Å². The third-order valence-electron chi connectivity index (χ3n) is 3.40. The van der Waals surface area contributed by atoms with Crippen molar-refractivity contribution in [1.29, 1.82) is 0 Å². The zero-order valence-corrected chi connectivity index (χ0v) is 13.4. The number of hydrogen-bond acceptors (Lipinski definition) is 3. The average molecular weight is 327 g/mol. The van der Waals surface area contributed by atoms with Gasteiger partial charge in [0.25, 0.3) is 0 Å². The quantitative estimate of drug-likeness (QED) is 0.693. The van der Waals surface area contributed by atoms with E-state index in [-0.39, 0.29) is 12.3 Å². The molecule has 0 aromatic heterocycles. The van der Waals surface area contributed by atoms with E-state index >= 15 is 0 Å². The molecule has 0 unspecified atom stereocenters. The Hall–Kier alpha value is -2.66. The van der Waals surface area contributed by atoms with Gasteiger partial charge in [-0.2, -0.15) is 0 Å². The number of nitrogens with one attached hydrogen (secondary N) is 1. The maximum absolute atomic E-state index is 11.8. The van der Waals surface area contributed by atoms with Gasteiger partial charge in [-0.3, -0.25) is 9.59 Å². The fourth-order valence-electron chi connectivity index (χ4n) is 2.20. The number of carbonyl (C=O) groups is 2. The summed E-state index contributed by atoms with van der Waals surface area (Å²) in [6.45, 7) is 1.08. The van der Waals surface area contributed by atoms with Crippen LogP contribution in [0.15, 0.2) is 54.6 Å². The molecule has 2 aromatic carbocycles. The second-order valence-corrected chi connectivity index (χ2v) is 5.46. The lowest BCUT2D eigenvalue weighted by Gasteiger charge is -2.07. The van der Waals surface area contributed by atoms with Crippen molar-refractivity contribution in [2.24, 2.45) is 0 Å². The lowest BCUT2D eigenvalue weighted by atomic mass is 10.1. The van der Waals surface area contributed by atoms with Gasteiger partial charge in [0, 0.05) is 18.7 Å². The van der Waals surface area contributed by atoms with Crippen LogP contribution in [-0.2, 0) is 27.4 Å². The number of carboxylic acids is 1. The van der Waals surface area contributed by atoms with Gasteiger partial charge in [-0.1, -0.05) is 42.5 Å². The van der Waals surface area contributed by atoms with Crippen LogP contribution in [-0.4, -0.2) is 23.6 Å². The Morgan fingerprint density at radius 3 is 2.33 bits per heavy atom. The van der Waals surface area contributed by atoms with E-state index < -0.39 is 5.97 Å². The number of anilines is 1. The highest BCUT2D eigenvalue weighted by atomic mass is 16.5. The van der Waals surface area contributed by atoms with Crippen molar-refractivity contribution < 1.29 is 19.4 Å². The average Bonchev–Trinajstić information content (AvgIpc) is 2.57. The molecular weight excluding hydrogens is 306 g/mol. The molecule has 2 aromatic rings. The molecule has 0 radical (unpaired) electrons. The fourth-order valence-corrected chi connectivity index (χ4v) is 2.20. The topological polar surface area (TPSA) is 75.6 Å². The first-order chi connectivity index (χ1) is 11.6. The van der Waals surface area contributed by atoms with Crippen LogP contribution >= 0.6 is 0 Å². The van der Waals surface area contributed by atoms with Crippen molar-refractivity contribution in [3.63, 3.8) is 0 Å². The van der Waals surface area contributed by atoms with Crippen LogP contribution in [0.5, 0.6) is 0 Å². The fraction of sp³-hybridized carbons (Fsp3) is 0.263. The van der Waals surface area contributed by atoms with Crippen LogP contribution in [0.3, 0.4) is 0 Å². The molecule has 24 heavy (non-hydrogen) atoms. The van der Waals surface area contributed by atoms with Crippen molar-refractivity contribution >= 4 is 17.6 Å². The molecular formula is C19H21NO4. The van der Waals surface area contributed by atoms with Crippen molar-refractivity contribution in [3.8, 4) is 0 Å². The number of ether oxygens (including phenoxy) is 1. The predicted octanol–water partition coefficient (Wildman–Crippen LogP) is 3.25. The summed E-state index contributed by atoms with van der Waals surface area (Å²) in [5.74, 6) is -0.952. The summed E-state index contributed by atoms with van der Waals surface area (Å²) in [6.07, 6.45) is 1.01. The third kappa shape index (κ3) is 6.62. The Morgan fingerprint density at radius 1 is 0.958 bits per heavy atom. The Morgan fingerprint density at radius 2 is 1.67 bits per heavy atom. The monoisotopic (exact) mass is 327 g/mol. The minimum absolute atomic E-state index is 0.0209. The summed E-state index contributed by atoms with van der Waals surface area (Å²) in [6, 6.07) is 16.7. The lowest BCUT2D eigenvalue weighted by Crippen LogP contribution is -2.12. The van der Waals surface area contributed by atoms with Gasteiger partial charge in [0.15, 0.2) is 0 Å². The van der Waals surface area contributed by atoms with Crippen LogP contribution in [0, 0.1) is 0 Å². The number of aliphatic carboxylic acids is 1. The molecule has 0 saturated heterocycles. The van der Waals surface area contributed by atoms with Gasteiger partial charge >= 0.3 is 5.97 Å². The molecule has 0 aliphatic carbocycles. The van der Waals surface area contributed by atoms with Gasteiger partial charge in [-0.25, -0.2) is 0 Å². The van der Waals surface area contributed by atoms with E-state index in [0.717, 1.165) is 5.56 Å². The standard InChI is InChI=1S/C19H21NO4/c21-18(7-4-12-24-14-16-5-2-1-3-6-16)20-17-10-8-15(9-11-17)13-19(22)23/h1-3,5-6,8-11H,4,7,12-14H2,(H,20,21)(H,22,23). The summed E-state index contributed by atoms with van der Waals surface area (Å²) >= 11 is 0. The smallest absolute Gasteiger partial charge is 0.307 e. The highest BCUT2D eigenvalue weighted by Crippen LogP contribution is 2.11. The van der Waals surface area contributed by atoms with Gasteiger partial charge in [0.1, 0.15) is 0 Å². The first-order valence-corrected chi connectivity index (χ1v) is 7.86. The minimum Gasteiger partial charge on any atom is -0.481 e. The predicted molar refractivity (Wildman–Crippen MR) is 91.7 cm³/mol. The van der Waals surface area contributed by atoms with Gasteiger partial charge in [0.2, 0.25) is 5.91 Å². The van der Waals surface area contributed by atoms with Crippen molar-refractivity contribution in [2.45, 2.75) is 25.9 Å². The number of carboxylic acid groups (broad SMARTS) is 1. The molecule has 2 N–H and O–H groups in total. The number of amides is 1. The Kier molecular flexibility index (Phi) is 6.98. The minimum atomic E-state index is -0.873. The van der Waals surface area contributed by atoms with Gasteiger partial charge in [-0.05, 0) is 29.7 Å². The zero-order valence-electron chi connectivity index (χ0n) is 13.4. The molecule has 0 bridgehead atoms. The maximum Gasteiger partial charge on any atom is 0.307 e. The molecule has 0 saturated carbocycles. The highest BCUT2D eigenvalue weighted by molar-refractivity contribution is 5.90. The molecule has 0 aliphatic heterocycles. The molecule has 0 atom stereocenters. The number of rotatable bonds is 9. The van der Waals surface area contributed by atoms with Crippen molar-refractivity contribution in [3.05, 3.63) is 65.7 Å². The molecule has 2 rings (SSSR count). The van der Waals surface area contributed by atoms with E-state index in [2.05, 4.69) is 5.32 Å². The van der Waals surface area contributed by atoms with E-state index in [1.54, 1.807) is 24.3 Å². The summed E-state index contributed by atoms with van der Waals surface area (Å²) in [4.78, 5) is 22.5. The zero-order chi connectivity index (χ0) is 17.2. The van der Waals surface area contributed by atoms with E-state index in [1.165, 1.54) is 0 Å². The van der Waals surface area contributed by atoms with E-state index in [4.69, 9.17) is 9.84 Å². The first-order valence-electron chi connectivity index (χ1n) is 7.86. The van der Waals surface area contributed by atoms with Gasteiger partial charge < -0.3 is 15.2 Å². The molecule has 0 spiro atoms. The molecule has 126 valence electrons. The molecule has 0 aliphatic rings. The second-order valence-electron chi connectivity index (χ2n) is 5.46. The molecule has 0 fully saturated rings. The highest BCUT2D eigenvalue weighted by Gasteiger charge is 2.04. The molecule has 0 heterocycles. The summed E-state index contributed by atoms with van der Waals surface area (Å²) in [5, 5.41) is 11.5. The Bertz CT molecular complexity index is 653. The van der Waals surface area contributed by atoms with Crippen molar-refractivity contribution in [1.82, 2.24) is 0 Å². The molecule has 5 nitrogen and oxygen atoms in total. The van der Waals surface area contributed by atoms with Crippen LogP contribution in [0.4, 0.5) is 5.69 Å². The number of carbonyl (C=O) groups excluding carboxylic acids is 1. The summed E-state index contributed by atoms with van der Waals surface area (Å²) in [7, 11) is 0. The largest absolute Gasteiger partial charge is 0.481 e. The molecule has 5 heteroatoms. The Labute approximate surface area is 141 Å². The van der Waals surface area contributed by atoms with Crippen LogP contribution in [0.25, 0.3) is 0 Å². The first kappa shape index (κ1) is 17.7. The van der Waals surface area contributed by atoms with E-state index in [0.29, 0.717) is 37.3 Å². The summed E-state index contributed by atoms with van der Waals surface area (Å²) < 4.78 is 5.54. The van der Waals surface area contributed by atoms with Crippen LogP contribution in [0.2, 0.25) is 0 Å². The van der Waals surface area contributed by atoms with Crippen molar-refractivity contribution in [2.75, 3.05) is 11.9 Å². The third-order valence-corrected chi connectivity index (χ3v) is 3.40. The number of benzene rings is 2.